The largest absolute Gasteiger partial charge is 0.469 e. The fraction of sp³-hybridized carbons (Fsp3) is 0.696. The highest BCUT2D eigenvalue weighted by Gasteiger charge is 2.30. The van der Waals surface area contributed by atoms with E-state index in [1.54, 1.807) is 6.07 Å². The molecule has 30 heavy (non-hydrogen) atoms. The maximum atomic E-state index is 12.6. The van der Waals surface area contributed by atoms with Gasteiger partial charge < -0.3 is 14.6 Å². The lowest BCUT2D eigenvalue weighted by molar-refractivity contribution is -0.138. The van der Waals surface area contributed by atoms with Crippen LogP contribution >= 0.6 is 0 Å². The van der Waals surface area contributed by atoms with Crippen molar-refractivity contribution in [1.82, 2.24) is 0 Å². The van der Waals surface area contributed by atoms with Gasteiger partial charge in [0.05, 0.1) is 31.5 Å². The summed E-state index contributed by atoms with van der Waals surface area (Å²) < 4.78 is 47.5. The fourth-order valence-corrected chi connectivity index (χ4v) is 2.62. The summed E-state index contributed by atoms with van der Waals surface area (Å²) in [5.74, 6) is -0.245. The summed E-state index contributed by atoms with van der Waals surface area (Å²) in [7, 11) is 1.35. The number of carbonyl (C=O) groups is 1. The highest BCUT2D eigenvalue weighted by molar-refractivity contribution is 5.65. The lowest BCUT2D eigenvalue weighted by Crippen LogP contribution is -2.20. The smallest absolute Gasteiger partial charge is 0.416 e. The zero-order valence-corrected chi connectivity index (χ0v) is 19.2. The molecule has 176 valence electrons. The van der Waals surface area contributed by atoms with E-state index in [-0.39, 0.29) is 18.7 Å². The first-order valence-electron chi connectivity index (χ1n) is 10.7. The van der Waals surface area contributed by atoms with Gasteiger partial charge in [0.1, 0.15) is 0 Å². The number of alkyl halides is 3. The molecular weight excluding hydrogens is 397 g/mol. The van der Waals surface area contributed by atoms with Gasteiger partial charge in [-0.15, -0.1) is 0 Å². The zero-order valence-electron chi connectivity index (χ0n) is 19.2. The normalized spacial score (nSPS) is 14.2. The predicted molar refractivity (Wildman–Crippen MR) is 114 cm³/mol. The summed E-state index contributed by atoms with van der Waals surface area (Å²) in [5.41, 5.74) is -0.0542. The molecule has 0 spiro atoms. The van der Waals surface area contributed by atoms with Gasteiger partial charge in [-0.1, -0.05) is 58.7 Å². The van der Waals surface area contributed by atoms with Crippen LogP contribution in [0.3, 0.4) is 0 Å². The number of aliphatic hydroxyl groups excluding tert-OH is 1. The SMILES string of the molecule is CC.CC.COC(C)=O.OC(CCc1cccc(C(F)(F)F)c1)COC1CCCC1. The van der Waals surface area contributed by atoms with E-state index in [1.165, 1.54) is 32.9 Å². The Labute approximate surface area is 179 Å². The number of aliphatic hydroxyl groups is 1. The van der Waals surface area contributed by atoms with E-state index >= 15 is 0 Å². The summed E-state index contributed by atoms with van der Waals surface area (Å²) in [6, 6.07) is 5.26. The van der Waals surface area contributed by atoms with Crippen molar-refractivity contribution in [2.75, 3.05) is 13.7 Å². The molecule has 0 heterocycles. The maximum absolute atomic E-state index is 12.6. The van der Waals surface area contributed by atoms with Crippen molar-refractivity contribution < 1.29 is 32.5 Å². The number of ether oxygens (including phenoxy) is 2. The number of rotatable bonds is 6. The summed E-state index contributed by atoms with van der Waals surface area (Å²) in [6.45, 7) is 9.63. The third-order valence-corrected chi connectivity index (χ3v) is 4.13. The van der Waals surface area contributed by atoms with E-state index in [2.05, 4.69) is 4.74 Å². The number of hydrogen-bond acceptors (Lipinski definition) is 4. The number of halogens is 3. The van der Waals surface area contributed by atoms with E-state index in [0.717, 1.165) is 25.0 Å². The van der Waals surface area contributed by atoms with Gasteiger partial charge in [-0.2, -0.15) is 13.2 Å². The Hall–Kier alpha value is -1.60. The number of carbonyl (C=O) groups excluding carboxylic acids is 1. The van der Waals surface area contributed by atoms with Crippen LogP contribution in [0, 0.1) is 0 Å². The molecule has 1 atom stereocenters. The molecule has 1 aliphatic carbocycles. The molecule has 0 aromatic heterocycles. The molecule has 0 radical (unpaired) electrons. The Morgan fingerprint density at radius 2 is 1.70 bits per heavy atom. The van der Waals surface area contributed by atoms with Crippen molar-refractivity contribution in [3.63, 3.8) is 0 Å². The first-order valence-corrected chi connectivity index (χ1v) is 10.7. The van der Waals surface area contributed by atoms with E-state index in [0.29, 0.717) is 18.4 Å². The van der Waals surface area contributed by atoms with Gasteiger partial charge >= 0.3 is 12.1 Å². The average Bonchev–Trinajstić information content (AvgIpc) is 3.27. The lowest BCUT2D eigenvalue weighted by atomic mass is 10.0. The molecule has 0 amide bonds. The van der Waals surface area contributed by atoms with E-state index in [4.69, 9.17) is 4.74 Å². The summed E-state index contributed by atoms with van der Waals surface area (Å²) in [6.07, 6.45) is 0.553. The van der Waals surface area contributed by atoms with Gasteiger partial charge in [0.2, 0.25) is 0 Å². The minimum Gasteiger partial charge on any atom is -0.469 e. The third-order valence-electron chi connectivity index (χ3n) is 4.13. The molecular formula is C23H39F3O4. The third kappa shape index (κ3) is 15.3. The number of hydrogen-bond donors (Lipinski definition) is 1. The van der Waals surface area contributed by atoms with E-state index < -0.39 is 17.8 Å². The summed E-state index contributed by atoms with van der Waals surface area (Å²) in [5, 5.41) is 9.85. The lowest BCUT2D eigenvalue weighted by Gasteiger charge is -2.15. The van der Waals surface area contributed by atoms with Crippen molar-refractivity contribution in [3.05, 3.63) is 35.4 Å². The second-order valence-electron chi connectivity index (χ2n) is 6.33. The topological polar surface area (TPSA) is 55.8 Å². The Morgan fingerprint density at radius 3 is 2.17 bits per heavy atom. The molecule has 0 saturated heterocycles. The second kappa shape index (κ2) is 18.2. The Morgan fingerprint density at radius 1 is 1.17 bits per heavy atom. The maximum Gasteiger partial charge on any atom is 0.416 e. The Bertz CT molecular complexity index is 541. The molecule has 4 nitrogen and oxygen atoms in total. The summed E-state index contributed by atoms with van der Waals surface area (Å²) in [4.78, 5) is 9.59. The van der Waals surface area contributed by atoms with Gasteiger partial charge in [0.15, 0.2) is 0 Å². The van der Waals surface area contributed by atoms with Crippen LogP contribution in [0.5, 0.6) is 0 Å². The van der Waals surface area contributed by atoms with Crippen LogP contribution in [0.4, 0.5) is 13.2 Å². The van der Waals surface area contributed by atoms with Crippen molar-refractivity contribution in [2.24, 2.45) is 0 Å². The van der Waals surface area contributed by atoms with Crippen molar-refractivity contribution in [2.45, 2.75) is 91.5 Å². The van der Waals surface area contributed by atoms with Crippen LogP contribution in [0.25, 0.3) is 0 Å². The van der Waals surface area contributed by atoms with Gasteiger partial charge in [-0.05, 0) is 37.3 Å². The van der Waals surface area contributed by atoms with Gasteiger partial charge in [0.25, 0.3) is 0 Å². The average molecular weight is 437 g/mol. The standard InChI is InChI=1S/C16H21F3O2.C3H6O2.2C2H6/c17-16(18,19)13-5-3-4-12(10-13)8-9-14(20)11-21-15-6-1-2-7-15;1-3(4)5-2;2*1-2/h3-5,10,14-15,20H,1-2,6-9,11H2;1-2H3;2*1-2H3. The molecule has 1 unspecified atom stereocenters. The van der Waals surface area contributed by atoms with Crippen molar-refractivity contribution >= 4 is 5.97 Å². The number of aryl methyl sites for hydroxylation is 1. The van der Waals surface area contributed by atoms with Crippen LogP contribution in [-0.2, 0) is 26.9 Å². The Kier molecular flexibility index (Phi) is 18.6. The molecule has 0 aliphatic heterocycles. The van der Waals surface area contributed by atoms with Gasteiger partial charge in [-0.3, -0.25) is 4.79 Å². The van der Waals surface area contributed by atoms with Crippen LogP contribution < -0.4 is 0 Å². The fourth-order valence-electron chi connectivity index (χ4n) is 2.62. The van der Waals surface area contributed by atoms with Crippen molar-refractivity contribution in [3.8, 4) is 0 Å². The first kappa shape index (κ1) is 30.6. The minimum absolute atomic E-state index is 0.244. The van der Waals surface area contributed by atoms with E-state index in [1.807, 2.05) is 27.7 Å². The van der Waals surface area contributed by atoms with Gasteiger partial charge in [-0.25, -0.2) is 0 Å². The Balaban J connectivity index is 0. The zero-order chi connectivity index (χ0) is 23.6. The second-order valence-corrected chi connectivity index (χ2v) is 6.33. The number of benzene rings is 1. The molecule has 7 heteroatoms. The van der Waals surface area contributed by atoms with Gasteiger partial charge in [0, 0.05) is 6.92 Å². The quantitative estimate of drug-likeness (QED) is 0.540. The predicted octanol–water partition coefficient (Wildman–Crippen LogP) is 6.19. The minimum atomic E-state index is -4.32. The molecule has 1 aromatic rings. The molecule has 1 saturated carbocycles. The van der Waals surface area contributed by atoms with Crippen LogP contribution in [-0.4, -0.2) is 37.0 Å². The first-order chi connectivity index (χ1) is 14.2. The molecule has 0 bridgehead atoms. The highest BCUT2D eigenvalue weighted by atomic mass is 19.4. The van der Waals surface area contributed by atoms with Crippen LogP contribution in [0.1, 0.15) is 77.8 Å². The highest BCUT2D eigenvalue weighted by Crippen LogP contribution is 2.29. The van der Waals surface area contributed by atoms with Crippen LogP contribution in [0.2, 0.25) is 0 Å². The molecule has 2 rings (SSSR count). The van der Waals surface area contributed by atoms with Crippen molar-refractivity contribution in [1.29, 1.82) is 0 Å². The molecule has 1 aromatic carbocycles. The molecule has 1 N–H and O–H groups in total. The number of methoxy groups -OCH3 is 1. The summed E-state index contributed by atoms with van der Waals surface area (Å²) >= 11 is 0. The van der Waals surface area contributed by atoms with Crippen LogP contribution in [0.15, 0.2) is 24.3 Å². The number of esters is 1. The molecule has 1 aliphatic rings. The van der Waals surface area contributed by atoms with E-state index in [9.17, 15) is 23.1 Å². The monoisotopic (exact) mass is 436 g/mol. The molecule has 1 fully saturated rings.